The number of carboxylic acids is 1. The largest absolute Gasteiger partial charge is 0.496 e. The minimum atomic E-state index is -0.985. The first kappa shape index (κ1) is 12.6. The van der Waals surface area contributed by atoms with Gasteiger partial charge in [-0.1, -0.05) is 18.2 Å². The molecule has 1 N–H and O–H groups in total. The molecule has 0 bridgehead atoms. The van der Waals surface area contributed by atoms with Gasteiger partial charge < -0.3 is 9.84 Å². The number of benzene rings is 1. The molecule has 0 heterocycles. The number of methoxy groups -OCH3 is 1. The normalized spacial score (nSPS) is 10.6. The molecule has 0 unspecified atom stereocenters. The van der Waals surface area contributed by atoms with Crippen molar-refractivity contribution in [2.24, 2.45) is 0 Å². The fourth-order valence-electron chi connectivity index (χ4n) is 1.29. The predicted molar refractivity (Wildman–Crippen MR) is 67.5 cm³/mol. The molecule has 0 aliphatic rings. The van der Waals surface area contributed by atoms with Crippen molar-refractivity contribution >= 4 is 24.7 Å². The minimum absolute atomic E-state index is 0.176. The van der Waals surface area contributed by atoms with Crippen molar-refractivity contribution in [3.8, 4) is 5.75 Å². The van der Waals surface area contributed by atoms with E-state index in [4.69, 9.17) is 9.84 Å². The fourth-order valence-corrected chi connectivity index (χ4v) is 1.44. The molecule has 3 nitrogen and oxygen atoms in total. The second-order valence-corrected chi connectivity index (χ2v) is 3.63. The van der Waals surface area contributed by atoms with E-state index in [2.05, 4.69) is 12.6 Å². The summed E-state index contributed by atoms with van der Waals surface area (Å²) in [4.78, 5) is 10.9. The number of aromatic carboxylic acids is 1. The van der Waals surface area contributed by atoms with Crippen LogP contribution >= 0.6 is 12.6 Å². The van der Waals surface area contributed by atoms with Gasteiger partial charge in [0, 0.05) is 0 Å². The number of hydrogen-bond acceptors (Lipinski definition) is 3. The molecule has 0 atom stereocenters. The maximum atomic E-state index is 10.9. The Bertz CT molecular complexity index is 399. The van der Waals surface area contributed by atoms with E-state index in [0.29, 0.717) is 5.75 Å². The van der Waals surface area contributed by atoms with Crippen LogP contribution in [0.1, 0.15) is 22.3 Å². The summed E-state index contributed by atoms with van der Waals surface area (Å²) < 4.78 is 4.97. The van der Waals surface area contributed by atoms with Crippen molar-refractivity contribution in [1.82, 2.24) is 0 Å². The zero-order valence-corrected chi connectivity index (χ0v) is 9.91. The Balaban J connectivity index is 2.98. The lowest BCUT2D eigenvalue weighted by molar-refractivity contribution is 0.0693. The average molecular weight is 238 g/mol. The molecule has 86 valence electrons. The Morgan fingerprint density at radius 1 is 1.56 bits per heavy atom. The van der Waals surface area contributed by atoms with E-state index in [-0.39, 0.29) is 5.56 Å². The lowest BCUT2D eigenvalue weighted by Crippen LogP contribution is -2.00. The highest BCUT2D eigenvalue weighted by atomic mass is 32.1. The van der Waals surface area contributed by atoms with Gasteiger partial charge in [0.25, 0.3) is 0 Å². The van der Waals surface area contributed by atoms with Gasteiger partial charge in [-0.3, -0.25) is 0 Å². The lowest BCUT2D eigenvalue weighted by Gasteiger charge is -2.05. The van der Waals surface area contributed by atoms with Crippen molar-refractivity contribution in [2.45, 2.75) is 6.42 Å². The maximum Gasteiger partial charge on any atom is 0.339 e. The second kappa shape index (κ2) is 6.23. The van der Waals surface area contributed by atoms with Crippen molar-refractivity contribution in [3.63, 3.8) is 0 Å². The van der Waals surface area contributed by atoms with Gasteiger partial charge in [0.1, 0.15) is 11.3 Å². The van der Waals surface area contributed by atoms with Crippen LogP contribution in [0.2, 0.25) is 0 Å². The third-order valence-electron chi connectivity index (χ3n) is 2.06. The Labute approximate surface area is 100 Å². The van der Waals surface area contributed by atoms with E-state index < -0.39 is 5.97 Å². The monoisotopic (exact) mass is 238 g/mol. The first-order valence-electron chi connectivity index (χ1n) is 4.87. The molecule has 1 rings (SSSR count). The predicted octanol–water partition coefficient (Wildman–Crippen LogP) is 2.73. The molecule has 0 aliphatic carbocycles. The van der Waals surface area contributed by atoms with Crippen LogP contribution in [0.25, 0.3) is 6.08 Å². The maximum absolute atomic E-state index is 10.9. The van der Waals surface area contributed by atoms with Gasteiger partial charge in [-0.15, -0.1) is 0 Å². The molecule has 0 aliphatic heterocycles. The molecule has 0 saturated carbocycles. The number of thiol groups is 1. The first-order valence-corrected chi connectivity index (χ1v) is 5.51. The van der Waals surface area contributed by atoms with Crippen LogP contribution in [0.15, 0.2) is 24.3 Å². The Morgan fingerprint density at radius 3 is 2.88 bits per heavy atom. The van der Waals surface area contributed by atoms with Gasteiger partial charge in [0.2, 0.25) is 0 Å². The average Bonchev–Trinajstić information content (AvgIpc) is 2.29. The van der Waals surface area contributed by atoms with Crippen LogP contribution in [0.4, 0.5) is 0 Å². The first-order chi connectivity index (χ1) is 7.69. The Kier molecular flexibility index (Phi) is 4.92. The van der Waals surface area contributed by atoms with Gasteiger partial charge >= 0.3 is 5.97 Å². The standard InChI is InChI=1S/C12H14O3S/c1-15-11-6-5-9(4-2-3-7-16)8-10(11)12(13)14/h2,4-6,8,16H,3,7H2,1H3,(H,13,14). The van der Waals surface area contributed by atoms with Crippen LogP contribution in [0.5, 0.6) is 5.75 Å². The summed E-state index contributed by atoms with van der Waals surface area (Å²) in [6, 6.07) is 5.07. The number of carbonyl (C=O) groups is 1. The van der Waals surface area contributed by atoms with E-state index >= 15 is 0 Å². The number of carboxylic acid groups (broad SMARTS) is 1. The summed E-state index contributed by atoms with van der Waals surface area (Å²) in [5, 5.41) is 8.98. The van der Waals surface area contributed by atoms with Gasteiger partial charge in [0.15, 0.2) is 0 Å². The van der Waals surface area contributed by atoms with Crippen molar-refractivity contribution in [2.75, 3.05) is 12.9 Å². The van der Waals surface area contributed by atoms with Crippen LogP contribution in [0.3, 0.4) is 0 Å². The van der Waals surface area contributed by atoms with Gasteiger partial charge in [-0.25, -0.2) is 4.79 Å². The molecule has 1 aromatic rings. The van der Waals surface area contributed by atoms with Crippen LogP contribution in [0, 0.1) is 0 Å². The van der Waals surface area contributed by atoms with Crippen LogP contribution in [-0.4, -0.2) is 23.9 Å². The third-order valence-corrected chi connectivity index (χ3v) is 2.32. The molecule has 0 amide bonds. The van der Waals surface area contributed by atoms with E-state index in [1.165, 1.54) is 7.11 Å². The summed E-state index contributed by atoms with van der Waals surface area (Å²) in [5.74, 6) is 0.165. The number of ether oxygens (including phenoxy) is 1. The highest BCUT2D eigenvalue weighted by Crippen LogP contribution is 2.20. The Morgan fingerprint density at radius 2 is 2.31 bits per heavy atom. The van der Waals surface area contributed by atoms with Crippen molar-refractivity contribution < 1.29 is 14.6 Å². The van der Waals surface area contributed by atoms with Crippen molar-refractivity contribution in [3.05, 3.63) is 35.4 Å². The Hall–Kier alpha value is -1.42. The summed E-state index contributed by atoms with van der Waals surface area (Å²) in [7, 11) is 1.46. The van der Waals surface area contributed by atoms with Gasteiger partial charge in [-0.2, -0.15) is 12.6 Å². The van der Waals surface area contributed by atoms with Crippen LogP contribution < -0.4 is 4.74 Å². The molecular weight excluding hydrogens is 224 g/mol. The molecule has 0 spiro atoms. The molecule has 16 heavy (non-hydrogen) atoms. The summed E-state index contributed by atoms with van der Waals surface area (Å²) in [5.41, 5.74) is 1.02. The van der Waals surface area contributed by atoms with E-state index in [9.17, 15) is 4.79 Å². The SMILES string of the molecule is COc1ccc(C=CCCS)cc1C(=O)O. The number of allylic oxidation sites excluding steroid dienone is 1. The topological polar surface area (TPSA) is 46.5 Å². The number of rotatable bonds is 5. The highest BCUT2D eigenvalue weighted by Gasteiger charge is 2.10. The zero-order chi connectivity index (χ0) is 12.0. The lowest BCUT2D eigenvalue weighted by atomic mass is 10.1. The minimum Gasteiger partial charge on any atom is -0.496 e. The molecule has 0 fully saturated rings. The van der Waals surface area contributed by atoms with E-state index in [1.54, 1.807) is 12.1 Å². The molecule has 0 aromatic heterocycles. The molecule has 0 radical (unpaired) electrons. The molecule has 4 heteroatoms. The quantitative estimate of drug-likeness (QED) is 0.775. The zero-order valence-electron chi connectivity index (χ0n) is 9.01. The highest BCUT2D eigenvalue weighted by molar-refractivity contribution is 7.80. The van der Waals surface area contributed by atoms with Gasteiger partial charge in [-0.05, 0) is 29.9 Å². The van der Waals surface area contributed by atoms with Gasteiger partial charge in [0.05, 0.1) is 7.11 Å². The van der Waals surface area contributed by atoms with E-state index in [0.717, 1.165) is 17.7 Å². The second-order valence-electron chi connectivity index (χ2n) is 3.18. The smallest absolute Gasteiger partial charge is 0.339 e. The summed E-state index contributed by atoms with van der Waals surface area (Å²) in [6.45, 7) is 0. The summed E-state index contributed by atoms with van der Waals surface area (Å²) in [6.07, 6.45) is 4.69. The molecular formula is C12H14O3S. The van der Waals surface area contributed by atoms with Crippen molar-refractivity contribution in [1.29, 1.82) is 0 Å². The fraction of sp³-hybridized carbons (Fsp3) is 0.250. The van der Waals surface area contributed by atoms with E-state index in [1.807, 2.05) is 18.2 Å². The van der Waals surface area contributed by atoms with Crippen LogP contribution in [-0.2, 0) is 0 Å². The molecule has 1 aromatic carbocycles. The number of hydrogen-bond donors (Lipinski definition) is 2. The molecule has 0 saturated heterocycles. The summed E-state index contributed by atoms with van der Waals surface area (Å²) >= 11 is 4.09. The third kappa shape index (κ3) is 3.31.